The molecule has 0 bridgehead atoms. The van der Waals surface area contributed by atoms with Crippen LogP contribution in [-0.4, -0.2) is 33.4 Å². The molecule has 2 rings (SSSR count). The van der Waals surface area contributed by atoms with Crippen molar-refractivity contribution in [3.8, 4) is 0 Å². The van der Waals surface area contributed by atoms with Crippen molar-refractivity contribution in [2.45, 2.75) is 32.8 Å². The second kappa shape index (κ2) is 12.8. The quantitative estimate of drug-likeness (QED) is 0.530. The van der Waals surface area contributed by atoms with Crippen molar-refractivity contribution in [2.75, 3.05) is 33.4 Å². The summed E-state index contributed by atoms with van der Waals surface area (Å²) in [7, 11) is 1.69. The molecule has 28 heavy (non-hydrogen) atoms. The van der Waals surface area contributed by atoms with Gasteiger partial charge in [0.25, 0.3) is 0 Å². The van der Waals surface area contributed by atoms with Gasteiger partial charge in [0.05, 0.1) is 13.2 Å². The van der Waals surface area contributed by atoms with E-state index in [1.807, 2.05) is 6.07 Å². The maximum absolute atomic E-state index is 13.8. The Balaban J connectivity index is 0.00000392. The Labute approximate surface area is 172 Å². The van der Waals surface area contributed by atoms with Crippen LogP contribution in [0.15, 0.2) is 36.4 Å². The molecule has 0 spiro atoms. The number of ether oxygens (including phenoxy) is 2. The Morgan fingerprint density at radius 1 is 1.00 bits per heavy atom. The van der Waals surface area contributed by atoms with Crippen LogP contribution < -0.4 is 5.32 Å². The van der Waals surface area contributed by atoms with Gasteiger partial charge in [-0.25, -0.2) is 8.78 Å². The maximum atomic E-state index is 13.8. The molecule has 2 aromatic rings. The second-order valence-corrected chi connectivity index (χ2v) is 6.77. The number of hydrogen-bond acceptors (Lipinski definition) is 3. The van der Waals surface area contributed by atoms with Crippen LogP contribution in [0.1, 0.15) is 34.6 Å². The summed E-state index contributed by atoms with van der Waals surface area (Å²) in [6.45, 7) is 6.75. The Hall–Kier alpha value is -1.53. The van der Waals surface area contributed by atoms with Crippen LogP contribution in [0.4, 0.5) is 8.78 Å². The largest absolute Gasteiger partial charge is 0.385 e. The van der Waals surface area contributed by atoms with Gasteiger partial charge in [-0.1, -0.05) is 24.3 Å². The molecular weight excluding hydrogens is 384 g/mol. The monoisotopic (exact) mass is 413 g/mol. The van der Waals surface area contributed by atoms with Crippen molar-refractivity contribution >= 4 is 12.4 Å². The van der Waals surface area contributed by atoms with E-state index in [-0.39, 0.29) is 30.5 Å². The molecular formula is C22H30ClF2NO2. The zero-order valence-electron chi connectivity index (χ0n) is 16.8. The summed E-state index contributed by atoms with van der Waals surface area (Å²) < 4.78 is 38.4. The van der Waals surface area contributed by atoms with Crippen molar-refractivity contribution in [3.63, 3.8) is 0 Å². The summed E-state index contributed by atoms with van der Waals surface area (Å²) in [6.07, 6.45) is 0.928. The second-order valence-electron chi connectivity index (χ2n) is 6.77. The first-order valence-corrected chi connectivity index (χ1v) is 9.31. The first-order chi connectivity index (χ1) is 13.0. The van der Waals surface area contributed by atoms with Gasteiger partial charge in [-0.3, -0.25) is 0 Å². The number of nitrogens with one attached hydrogen (secondary N) is 1. The zero-order chi connectivity index (χ0) is 19.6. The fourth-order valence-corrected chi connectivity index (χ4v) is 3.31. The maximum Gasteiger partial charge on any atom is 0.131 e. The number of hydrogen-bond donors (Lipinski definition) is 1. The van der Waals surface area contributed by atoms with E-state index < -0.39 is 11.6 Å². The number of methoxy groups -OCH3 is 1. The molecule has 0 aliphatic rings. The Bertz CT molecular complexity index is 687. The first-order valence-electron chi connectivity index (χ1n) is 9.31. The molecule has 1 N–H and O–H groups in total. The molecule has 3 nitrogen and oxygen atoms in total. The molecule has 156 valence electrons. The molecule has 0 amide bonds. The number of benzene rings is 2. The van der Waals surface area contributed by atoms with Crippen molar-refractivity contribution < 1.29 is 18.3 Å². The van der Waals surface area contributed by atoms with Crippen LogP contribution >= 0.6 is 12.4 Å². The van der Waals surface area contributed by atoms with Crippen molar-refractivity contribution in [1.82, 2.24) is 5.32 Å². The normalized spacial score (nSPS) is 11.9. The minimum atomic E-state index is -0.573. The topological polar surface area (TPSA) is 30.5 Å². The van der Waals surface area contributed by atoms with Crippen molar-refractivity contribution in [3.05, 3.63) is 70.3 Å². The third-order valence-corrected chi connectivity index (χ3v) is 4.67. The summed E-state index contributed by atoms with van der Waals surface area (Å²) in [5.41, 5.74) is 3.59. The summed E-state index contributed by atoms with van der Waals surface area (Å²) in [5.74, 6) is -1.05. The Morgan fingerprint density at radius 2 is 1.61 bits per heavy atom. The van der Waals surface area contributed by atoms with E-state index in [0.717, 1.165) is 19.5 Å². The van der Waals surface area contributed by atoms with Gasteiger partial charge in [-0.05, 0) is 55.6 Å². The molecule has 0 aromatic heterocycles. The van der Waals surface area contributed by atoms with Crippen LogP contribution in [0.2, 0.25) is 0 Å². The SMILES string of the molecule is COCCCNCC(COCc1c(F)cccc1F)c1c(C)cccc1C.Cl. The molecule has 0 fully saturated rings. The van der Waals surface area contributed by atoms with Crippen molar-refractivity contribution in [1.29, 1.82) is 0 Å². The lowest BCUT2D eigenvalue weighted by molar-refractivity contribution is 0.101. The van der Waals surface area contributed by atoms with Gasteiger partial charge in [0, 0.05) is 31.7 Å². The molecule has 0 saturated heterocycles. The summed E-state index contributed by atoms with van der Waals surface area (Å²) in [6, 6.07) is 10.1. The molecule has 0 aliphatic carbocycles. The molecule has 6 heteroatoms. The van der Waals surface area contributed by atoms with E-state index >= 15 is 0 Å². The van der Waals surface area contributed by atoms with E-state index in [9.17, 15) is 8.78 Å². The minimum absolute atomic E-state index is 0. The molecule has 1 unspecified atom stereocenters. The molecule has 1 atom stereocenters. The van der Waals surface area contributed by atoms with Crippen LogP contribution in [0, 0.1) is 25.5 Å². The fraction of sp³-hybridized carbons (Fsp3) is 0.455. The lowest BCUT2D eigenvalue weighted by Crippen LogP contribution is -2.27. The van der Waals surface area contributed by atoms with Gasteiger partial charge in [-0.2, -0.15) is 0 Å². The highest BCUT2D eigenvalue weighted by Gasteiger charge is 2.17. The van der Waals surface area contributed by atoms with Crippen LogP contribution in [0.5, 0.6) is 0 Å². The fourth-order valence-electron chi connectivity index (χ4n) is 3.31. The number of rotatable bonds is 11. The van der Waals surface area contributed by atoms with Crippen LogP contribution in [-0.2, 0) is 16.1 Å². The molecule has 0 saturated carbocycles. The lowest BCUT2D eigenvalue weighted by Gasteiger charge is -2.22. The summed E-state index contributed by atoms with van der Waals surface area (Å²) in [5, 5.41) is 3.44. The third kappa shape index (κ3) is 7.13. The molecule has 0 radical (unpaired) electrons. The van der Waals surface area contributed by atoms with Gasteiger partial charge < -0.3 is 14.8 Å². The standard InChI is InChI=1S/C22H29F2NO2.ClH/c1-16-7-4-8-17(2)22(16)18(13-25-11-6-12-26-3)14-27-15-19-20(23)9-5-10-21(19)24;/h4-5,7-10,18,25H,6,11-15H2,1-3H3;1H. The van der Waals surface area contributed by atoms with Crippen LogP contribution in [0.25, 0.3) is 0 Å². The third-order valence-electron chi connectivity index (χ3n) is 4.67. The lowest BCUT2D eigenvalue weighted by atomic mass is 9.91. The van der Waals surface area contributed by atoms with E-state index in [4.69, 9.17) is 9.47 Å². The smallest absolute Gasteiger partial charge is 0.131 e. The number of halogens is 3. The van der Waals surface area contributed by atoms with Gasteiger partial charge in [0.15, 0.2) is 0 Å². The molecule has 0 heterocycles. The predicted octanol–water partition coefficient (Wildman–Crippen LogP) is 4.93. The first kappa shape index (κ1) is 24.5. The number of aryl methyl sites for hydroxylation is 2. The van der Waals surface area contributed by atoms with Crippen molar-refractivity contribution in [2.24, 2.45) is 0 Å². The van der Waals surface area contributed by atoms with Gasteiger partial charge in [0.1, 0.15) is 11.6 Å². The van der Waals surface area contributed by atoms with E-state index in [1.165, 1.54) is 34.9 Å². The van der Waals surface area contributed by atoms with E-state index in [1.54, 1.807) is 7.11 Å². The average Bonchev–Trinajstić information content (AvgIpc) is 2.63. The minimum Gasteiger partial charge on any atom is -0.385 e. The summed E-state index contributed by atoms with van der Waals surface area (Å²) in [4.78, 5) is 0. The Kier molecular flexibility index (Phi) is 11.2. The molecule has 2 aromatic carbocycles. The van der Waals surface area contributed by atoms with Gasteiger partial charge >= 0.3 is 0 Å². The van der Waals surface area contributed by atoms with Gasteiger partial charge in [-0.15, -0.1) is 12.4 Å². The highest BCUT2D eigenvalue weighted by Crippen LogP contribution is 2.24. The molecule has 0 aliphatic heterocycles. The van der Waals surface area contributed by atoms with Gasteiger partial charge in [0.2, 0.25) is 0 Å². The van der Waals surface area contributed by atoms with Crippen LogP contribution in [0.3, 0.4) is 0 Å². The van der Waals surface area contributed by atoms with E-state index in [2.05, 4.69) is 31.3 Å². The summed E-state index contributed by atoms with van der Waals surface area (Å²) >= 11 is 0. The highest BCUT2D eigenvalue weighted by molar-refractivity contribution is 5.85. The zero-order valence-corrected chi connectivity index (χ0v) is 17.6. The Morgan fingerprint density at radius 3 is 2.21 bits per heavy atom. The highest BCUT2D eigenvalue weighted by atomic mass is 35.5. The average molecular weight is 414 g/mol. The predicted molar refractivity (Wildman–Crippen MR) is 111 cm³/mol. The van der Waals surface area contributed by atoms with E-state index in [0.29, 0.717) is 13.2 Å².